The molecule has 10 aromatic carbocycles. The number of anilines is 3. The Balaban J connectivity index is 1.05. The van der Waals surface area contributed by atoms with Crippen molar-refractivity contribution in [1.29, 1.82) is 0 Å². The first kappa shape index (κ1) is 35.2. The molecule has 0 aliphatic carbocycles. The topological polar surface area (TPSA) is 16.4 Å². The maximum atomic E-state index is 7.00. The number of fused-ring (bicyclic) bond motifs is 6. The summed E-state index contributed by atoms with van der Waals surface area (Å²) >= 11 is 0. The highest BCUT2D eigenvalue weighted by Gasteiger charge is 2.23. The van der Waals surface area contributed by atoms with E-state index >= 15 is 0 Å². The molecule has 0 aliphatic rings. The van der Waals surface area contributed by atoms with Crippen LogP contribution in [0.1, 0.15) is 0 Å². The first-order valence-corrected chi connectivity index (χ1v) is 20.5. The van der Waals surface area contributed by atoms with Crippen LogP contribution in [0.15, 0.2) is 241 Å². The number of benzene rings is 10. The summed E-state index contributed by atoms with van der Waals surface area (Å²) in [6.07, 6.45) is 0. The van der Waals surface area contributed by atoms with Gasteiger partial charge in [-0.05, 0) is 110 Å². The lowest BCUT2D eigenvalue weighted by Gasteiger charge is -2.27. The second kappa shape index (κ2) is 15.1. The van der Waals surface area contributed by atoms with E-state index in [1.807, 2.05) is 0 Å². The fourth-order valence-corrected chi connectivity index (χ4v) is 8.79. The Labute approximate surface area is 349 Å². The van der Waals surface area contributed by atoms with Crippen molar-refractivity contribution < 1.29 is 4.42 Å². The molecule has 0 atom stereocenters. The van der Waals surface area contributed by atoms with Gasteiger partial charge in [0, 0.05) is 39.0 Å². The zero-order valence-corrected chi connectivity index (χ0v) is 32.9. The second-order valence-corrected chi connectivity index (χ2v) is 15.3. The van der Waals surface area contributed by atoms with Gasteiger partial charge in [0.25, 0.3) is 0 Å². The van der Waals surface area contributed by atoms with Crippen LogP contribution in [0.25, 0.3) is 88.3 Å². The predicted octanol–water partition coefficient (Wildman–Crippen LogP) is 16.5. The van der Waals surface area contributed by atoms with Crippen LogP contribution < -0.4 is 4.90 Å². The van der Waals surface area contributed by atoms with Gasteiger partial charge >= 0.3 is 0 Å². The number of hydrogen-bond acceptors (Lipinski definition) is 2. The summed E-state index contributed by atoms with van der Waals surface area (Å²) in [5.74, 6) is 0.891. The van der Waals surface area contributed by atoms with E-state index in [1.165, 1.54) is 38.4 Å². The van der Waals surface area contributed by atoms with Crippen LogP contribution in [-0.2, 0) is 0 Å². The van der Waals surface area contributed by atoms with Crippen LogP contribution >= 0.6 is 0 Å². The van der Waals surface area contributed by atoms with Gasteiger partial charge in [0.2, 0.25) is 0 Å². The van der Waals surface area contributed by atoms with Gasteiger partial charge in [0.15, 0.2) is 0 Å². The minimum Gasteiger partial charge on any atom is -0.455 e. The lowest BCUT2D eigenvalue weighted by atomic mass is 9.91. The van der Waals surface area contributed by atoms with Crippen molar-refractivity contribution in [3.63, 3.8) is 0 Å². The van der Waals surface area contributed by atoms with Gasteiger partial charge in [-0.1, -0.05) is 182 Å². The van der Waals surface area contributed by atoms with Gasteiger partial charge in [0.05, 0.1) is 0 Å². The summed E-state index contributed by atoms with van der Waals surface area (Å²) < 4.78 is 7.00. The highest BCUT2D eigenvalue weighted by atomic mass is 16.3. The smallest absolute Gasteiger partial charge is 0.143 e. The standard InChI is InChI=1S/C58H39NO/c1-6-18-40(19-7-1)46-36-47(41-20-8-2-9-21-41)38-50(37-46)59(48-26-14-5-15-27-48)49-33-30-42(31-34-49)45-32-35-53-54(39-45)51-28-16-17-29-52(51)56-55(43-22-10-3-11-23-43)57(60-58(53)56)44-24-12-4-13-25-44/h1-39H. The molecule has 0 saturated heterocycles. The van der Waals surface area contributed by atoms with Gasteiger partial charge < -0.3 is 9.32 Å². The third-order valence-corrected chi connectivity index (χ3v) is 11.6. The van der Waals surface area contributed by atoms with Crippen LogP contribution in [0.3, 0.4) is 0 Å². The Hall–Kier alpha value is -7.94. The zero-order valence-electron chi connectivity index (χ0n) is 32.9. The molecule has 2 nitrogen and oxygen atoms in total. The highest BCUT2D eigenvalue weighted by Crippen LogP contribution is 2.48. The molecule has 2 heteroatoms. The Morgan fingerprint density at radius 2 is 0.733 bits per heavy atom. The van der Waals surface area contributed by atoms with Crippen molar-refractivity contribution >= 4 is 49.6 Å². The van der Waals surface area contributed by atoms with Crippen LogP contribution in [-0.4, -0.2) is 0 Å². The predicted molar refractivity (Wildman–Crippen MR) is 253 cm³/mol. The van der Waals surface area contributed by atoms with Crippen molar-refractivity contribution in [1.82, 2.24) is 0 Å². The van der Waals surface area contributed by atoms with Crippen molar-refractivity contribution in [2.24, 2.45) is 0 Å². The first-order chi connectivity index (χ1) is 29.8. The minimum atomic E-state index is 0.891. The average Bonchev–Trinajstić information content (AvgIpc) is 3.75. The Morgan fingerprint density at radius 3 is 1.33 bits per heavy atom. The monoisotopic (exact) mass is 765 g/mol. The van der Waals surface area contributed by atoms with Crippen LogP contribution in [0.4, 0.5) is 17.1 Å². The first-order valence-electron chi connectivity index (χ1n) is 20.5. The molecule has 282 valence electrons. The summed E-state index contributed by atoms with van der Waals surface area (Å²) in [5, 5.41) is 5.81. The Kier molecular flexibility index (Phi) is 8.87. The van der Waals surface area contributed by atoms with Crippen LogP contribution in [0.2, 0.25) is 0 Å². The summed E-state index contributed by atoms with van der Waals surface area (Å²) in [7, 11) is 0. The minimum absolute atomic E-state index is 0.891. The van der Waals surface area contributed by atoms with Gasteiger partial charge in [-0.3, -0.25) is 0 Å². The molecule has 0 N–H and O–H groups in total. The number of rotatable bonds is 8. The largest absolute Gasteiger partial charge is 0.455 e. The Morgan fingerprint density at radius 1 is 0.267 bits per heavy atom. The molecule has 0 aliphatic heterocycles. The maximum absolute atomic E-state index is 7.00. The molecule has 0 saturated carbocycles. The lowest BCUT2D eigenvalue weighted by molar-refractivity contribution is 0.636. The highest BCUT2D eigenvalue weighted by molar-refractivity contribution is 6.28. The zero-order chi connectivity index (χ0) is 39.8. The second-order valence-electron chi connectivity index (χ2n) is 15.3. The van der Waals surface area contributed by atoms with Crippen LogP contribution in [0, 0.1) is 0 Å². The van der Waals surface area contributed by atoms with Gasteiger partial charge in [-0.15, -0.1) is 0 Å². The molecule has 0 amide bonds. The number of para-hydroxylation sites is 1. The van der Waals surface area contributed by atoms with Gasteiger partial charge in [-0.2, -0.15) is 0 Å². The molecule has 0 unspecified atom stereocenters. The Bertz CT molecular complexity index is 3210. The number of furan rings is 1. The van der Waals surface area contributed by atoms with E-state index in [0.717, 1.165) is 67.0 Å². The van der Waals surface area contributed by atoms with E-state index in [4.69, 9.17) is 4.42 Å². The molecule has 1 aromatic heterocycles. The van der Waals surface area contributed by atoms with Gasteiger partial charge in [0.1, 0.15) is 11.3 Å². The van der Waals surface area contributed by atoms with Gasteiger partial charge in [-0.25, -0.2) is 0 Å². The van der Waals surface area contributed by atoms with E-state index in [1.54, 1.807) is 0 Å². The third-order valence-electron chi connectivity index (χ3n) is 11.6. The molecule has 60 heavy (non-hydrogen) atoms. The third kappa shape index (κ3) is 6.32. The average molecular weight is 766 g/mol. The quantitative estimate of drug-likeness (QED) is 0.143. The molecular weight excluding hydrogens is 727 g/mol. The molecular formula is C58H39NO. The SMILES string of the molecule is c1ccc(-c2cc(-c3ccccc3)cc(N(c3ccccc3)c3ccc(-c4ccc5c(c4)c4ccccc4c4c(-c6ccccc6)c(-c6ccccc6)oc54)cc3)c2)cc1. The van der Waals surface area contributed by atoms with Crippen molar-refractivity contribution in [3.05, 3.63) is 237 Å². The molecule has 0 radical (unpaired) electrons. The maximum Gasteiger partial charge on any atom is 0.143 e. The number of nitrogens with zero attached hydrogens (tertiary/aromatic N) is 1. The fraction of sp³-hybridized carbons (Fsp3) is 0. The summed E-state index contributed by atoms with van der Waals surface area (Å²) in [6, 6.07) is 84.6. The molecule has 0 bridgehead atoms. The molecule has 11 rings (SSSR count). The molecule has 1 heterocycles. The van der Waals surface area contributed by atoms with Crippen molar-refractivity contribution in [2.45, 2.75) is 0 Å². The summed E-state index contributed by atoms with van der Waals surface area (Å²) in [5.41, 5.74) is 14.5. The van der Waals surface area contributed by atoms with Crippen molar-refractivity contribution in [3.8, 4) is 55.8 Å². The lowest BCUT2D eigenvalue weighted by Crippen LogP contribution is -2.10. The van der Waals surface area contributed by atoms with E-state index in [9.17, 15) is 0 Å². The van der Waals surface area contributed by atoms with Crippen molar-refractivity contribution in [2.75, 3.05) is 4.90 Å². The summed E-state index contributed by atoms with van der Waals surface area (Å²) in [6.45, 7) is 0. The fourth-order valence-electron chi connectivity index (χ4n) is 8.79. The van der Waals surface area contributed by atoms with E-state index < -0.39 is 0 Å². The van der Waals surface area contributed by atoms with E-state index in [2.05, 4.69) is 241 Å². The number of hydrogen-bond donors (Lipinski definition) is 0. The molecule has 11 aromatic rings. The normalized spacial score (nSPS) is 11.3. The summed E-state index contributed by atoms with van der Waals surface area (Å²) in [4.78, 5) is 2.36. The molecule has 0 spiro atoms. The van der Waals surface area contributed by atoms with Crippen LogP contribution in [0.5, 0.6) is 0 Å². The molecule has 0 fully saturated rings. The van der Waals surface area contributed by atoms with E-state index in [0.29, 0.717) is 0 Å². The van der Waals surface area contributed by atoms with E-state index in [-0.39, 0.29) is 0 Å².